The third kappa shape index (κ3) is 9.48. The SMILES string of the molecule is Cl.O=C(Nc1ccc2c(c1)CCCc1cnc(-c3ccccn3)nc1-2)c1c(F)cccc1F.O=C(Nc1ccc2c(c1)CCCc1cnc(-c3ccccn3)nc1-2)c1c(F)cccc1F. The molecular formula is C50H37ClF4N8O2. The summed E-state index contributed by atoms with van der Waals surface area (Å²) in [6, 6.07) is 28.7. The molecule has 0 unspecified atom stereocenters. The summed E-state index contributed by atoms with van der Waals surface area (Å²) < 4.78 is 55.8. The number of carbonyl (C=O) groups excluding carboxylic acids is 2. The summed E-state index contributed by atoms with van der Waals surface area (Å²) >= 11 is 0. The van der Waals surface area contributed by atoms with Gasteiger partial charge in [0.05, 0.1) is 11.4 Å². The Hall–Kier alpha value is -7.71. The van der Waals surface area contributed by atoms with Crippen LogP contribution in [0.1, 0.15) is 55.8 Å². The van der Waals surface area contributed by atoms with Gasteiger partial charge in [0.25, 0.3) is 11.8 Å². The van der Waals surface area contributed by atoms with Crippen LogP contribution >= 0.6 is 12.4 Å². The number of pyridine rings is 2. The van der Waals surface area contributed by atoms with E-state index in [9.17, 15) is 27.2 Å². The molecule has 2 amide bonds. The van der Waals surface area contributed by atoms with Gasteiger partial charge in [-0.25, -0.2) is 37.5 Å². The third-order valence-corrected chi connectivity index (χ3v) is 10.9. The zero-order chi connectivity index (χ0) is 44.2. The molecule has 2 N–H and O–H groups in total. The number of carbonyl (C=O) groups is 2. The number of anilines is 2. The number of aromatic nitrogens is 6. The molecule has 0 saturated carbocycles. The third-order valence-electron chi connectivity index (χ3n) is 10.9. The first kappa shape index (κ1) is 43.9. The number of nitrogens with zero attached hydrogens (tertiary/aromatic N) is 6. The first-order valence-corrected chi connectivity index (χ1v) is 20.5. The molecule has 10 rings (SSSR count). The van der Waals surface area contributed by atoms with Gasteiger partial charge in [-0.3, -0.25) is 19.6 Å². The standard InChI is InChI=1S/2C25H18F2N4O.ClH/c2*26-19-7-4-8-20(27)22(19)25(32)30-17-10-11-18-15(13-17)5-3-6-16-14-29-24(31-23(16)18)21-9-1-2-12-28-21;/h2*1-2,4,7-14H,3,5-6H2,(H,30,32);1H. The Morgan fingerprint density at radius 2 is 0.862 bits per heavy atom. The normalized spacial score (nSPS) is 12.2. The number of fused-ring (bicyclic) bond motifs is 6. The second kappa shape index (κ2) is 19.4. The Kier molecular flexibility index (Phi) is 13.1. The average molecular weight is 893 g/mol. The summed E-state index contributed by atoms with van der Waals surface area (Å²) in [6.45, 7) is 0. The molecule has 8 aromatic rings. The van der Waals surface area contributed by atoms with E-state index < -0.39 is 46.2 Å². The van der Waals surface area contributed by atoms with E-state index in [2.05, 4.69) is 30.6 Å². The molecule has 15 heteroatoms. The van der Waals surface area contributed by atoms with Gasteiger partial charge in [0.2, 0.25) is 0 Å². The van der Waals surface area contributed by atoms with Crippen molar-refractivity contribution >= 4 is 35.6 Å². The monoisotopic (exact) mass is 892 g/mol. The van der Waals surface area contributed by atoms with Crippen molar-refractivity contribution in [3.63, 3.8) is 0 Å². The maximum atomic E-state index is 14.0. The van der Waals surface area contributed by atoms with Crippen LogP contribution in [0.2, 0.25) is 0 Å². The molecule has 0 aliphatic heterocycles. The Morgan fingerprint density at radius 1 is 0.462 bits per heavy atom. The van der Waals surface area contributed by atoms with E-state index in [1.165, 1.54) is 12.1 Å². The highest BCUT2D eigenvalue weighted by Gasteiger charge is 2.23. The number of halogens is 5. The van der Waals surface area contributed by atoms with Crippen LogP contribution in [-0.2, 0) is 25.7 Å². The fourth-order valence-electron chi connectivity index (χ4n) is 7.86. The van der Waals surface area contributed by atoms with Crippen LogP contribution in [0.4, 0.5) is 28.9 Å². The van der Waals surface area contributed by atoms with Crippen LogP contribution < -0.4 is 10.6 Å². The molecule has 4 aromatic heterocycles. The minimum atomic E-state index is -0.898. The van der Waals surface area contributed by atoms with Gasteiger partial charge < -0.3 is 10.6 Å². The van der Waals surface area contributed by atoms with Crippen molar-refractivity contribution in [3.8, 4) is 45.6 Å². The summed E-state index contributed by atoms with van der Waals surface area (Å²) in [7, 11) is 0. The van der Waals surface area contributed by atoms with Gasteiger partial charge in [-0.2, -0.15) is 0 Å². The van der Waals surface area contributed by atoms with Gasteiger partial charge in [0, 0.05) is 47.3 Å². The minimum Gasteiger partial charge on any atom is -0.322 e. The lowest BCUT2D eigenvalue weighted by Crippen LogP contribution is -2.16. The molecule has 4 heterocycles. The van der Waals surface area contributed by atoms with Crippen molar-refractivity contribution in [2.24, 2.45) is 0 Å². The first-order valence-electron chi connectivity index (χ1n) is 20.5. The smallest absolute Gasteiger partial charge is 0.261 e. The van der Waals surface area contributed by atoms with Gasteiger partial charge in [0.15, 0.2) is 11.6 Å². The highest BCUT2D eigenvalue weighted by atomic mass is 35.5. The predicted octanol–water partition coefficient (Wildman–Crippen LogP) is 10.9. The highest BCUT2D eigenvalue weighted by Crippen LogP contribution is 2.35. The van der Waals surface area contributed by atoms with E-state index in [4.69, 9.17) is 9.97 Å². The topological polar surface area (TPSA) is 136 Å². The lowest BCUT2D eigenvalue weighted by Gasteiger charge is -2.13. The fourth-order valence-corrected chi connectivity index (χ4v) is 7.86. The van der Waals surface area contributed by atoms with Crippen molar-refractivity contribution in [2.75, 3.05) is 10.6 Å². The van der Waals surface area contributed by atoms with Crippen molar-refractivity contribution in [3.05, 3.63) is 191 Å². The second-order valence-corrected chi connectivity index (χ2v) is 15.1. The fraction of sp³-hybridized carbons (Fsp3) is 0.120. The Bertz CT molecular complexity index is 2820. The van der Waals surface area contributed by atoms with Crippen molar-refractivity contribution < 1.29 is 27.2 Å². The molecule has 4 aromatic carbocycles. The van der Waals surface area contributed by atoms with Crippen molar-refractivity contribution in [2.45, 2.75) is 38.5 Å². The van der Waals surface area contributed by atoms with E-state index in [0.717, 1.165) is 108 Å². The van der Waals surface area contributed by atoms with Crippen LogP contribution in [0.15, 0.2) is 134 Å². The second-order valence-electron chi connectivity index (χ2n) is 15.1. The molecule has 0 bridgehead atoms. The van der Waals surface area contributed by atoms with Crippen molar-refractivity contribution in [1.82, 2.24) is 29.9 Å². The van der Waals surface area contributed by atoms with Gasteiger partial charge in [-0.1, -0.05) is 36.4 Å². The zero-order valence-electron chi connectivity index (χ0n) is 34.4. The van der Waals surface area contributed by atoms with Gasteiger partial charge in [0.1, 0.15) is 45.8 Å². The van der Waals surface area contributed by atoms with Gasteiger partial charge in [-0.05, 0) is 134 Å². The van der Waals surface area contributed by atoms with Crippen LogP contribution in [0.25, 0.3) is 45.6 Å². The number of aryl methyl sites for hydroxylation is 4. The quantitative estimate of drug-likeness (QED) is 0.158. The maximum Gasteiger partial charge on any atom is 0.261 e. The molecule has 65 heavy (non-hydrogen) atoms. The van der Waals surface area contributed by atoms with E-state index in [0.29, 0.717) is 34.4 Å². The lowest BCUT2D eigenvalue weighted by atomic mass is 10.0. The molecule has 2 aliphatic rings. The molecule has 0 radical (unpaired) electrons. The Labute approximate surface area is 376 Å². The number of amides is 2. The first-order chi connectivity index (χ1) is 31.2. The summed E-state index contributed by atoms with van der Waals surface area (Å²) in [6.07, 6.45) is 12.1. The lowest BCUT2D eigenvalue weighted by molar-refractivity contribution is 0.101. The molecule has 0 saturated heterocycles. The van der Waals surface area contributed by atoms with E-state index >= 15 is 0 Å². The zero-order valence-corrected chi connectivity index (χ0v) is 35.2. The van der Waals surface area contributed by atoms with E-state index in [1.54, 1.807) is 24.5 Å². The number of hydrogen-bond acceptors (Lipinski definition) is 8. The largest absolute Gasteiger partial charge is 0.322 e. The van der Waals surface area contributed by atoms with Gasteiger partial charge in [-0.15, -0.1) is 12.4 Å². The number of rotatable bonds is 6. The van der Waals surface area contributed by atoms with Crippen LogP contribution in [-0.4, -0.2) is 41.7 Å². The molecule has 2 aliphatic carbocycles. The summed E-state index contributed by atoms with van der Waals surface area (Å²) in [5.74, 6) is -4.15. The molecular weight excluding hydrogens is 856 g/mol. The number of hydrogen-bond donors (Lipinski definition) is 2. The number of benzene rings is 4. The summed E-state index contributed by atoms with van der Waals surface area (Å²) in [4.78, 5) is 52.1. The molecule has 10 nitrogen and oxygen atoms in total. The minimum absolute atomic E-state index is 0. The Morgan fingerprint density at radius 3 is 1.25 bits per heavy atom. The Balaban J connectivity index is 0.000000175. The van der Waals surface area contributed by atoms with Gasteiger partial charge >= 0.3 is 0 Å². The molecule has 0 fully saturated rings. The average Bonchev–Trinajstić information content (AvgIpc) is 3.60. The van der Waals surface area contributed by atoms with Crippen LogP contribution in [0.5, 0.6) is 0 Å². The highest BCUT2D eigenvalue weighted by molar-refractivity contribution is 6.05. The van der Waals surface area contributed by atoms with Crippen molar-refractivity contribution in [1.29, 1.82) is 0 Å². The molecule has 0 atom stereocenters. The van der Waals surface area contributed by atoms with E-state index in [-0.39, 0.29) is 12.4 Å². The van der Waals surface area contributed by atoms with E-state index in [1.807, 2.05) is 73.1 Å². The molecule has 324 valence electrons. The summed E-state index contributed by atoms with van der Waals surface area (Å²) in [5.41, 5.74) is 8.81. The van der Waals surface area contributed by atoms with Crippen LogP contribution in [0.3, 0.4) is 0 Å². The molecule has 0 spiro atoms. The van der Waals surface area contributed by atoms with Crippen LogP contribution in [0, 0.1) is 23.3 Å². The maximum absolute atomic E-state index is 14.0. The predicted molar refractivity (Wildman–Crippen MR) is 241 cm³/mol. The number of nitrogens with one attached hydrogen (secondary N) is 2. The summed E-state index contributed by atoms with van der Waals surface area (Å²) in [5, 5.41) is 5.22.